The van der Waals surface area contributed by atoms with Gasteiger partial charge in [0.1, 0.15) is 11.9 Å². The molecule has 3 aromatic heterocycles. The molecule has 1 aromatic carbocycles. The third-order valence-electron chi connectivity index (χ3n) is 7.87. The zero-order valence-electron chi connectivity index (χ0n) is 22.6. The van der Waals surface area contributed by atoms with Gasteiger partial charge < -0.3 is 23.6 Å². The average Bonchev–Trinajstić information content (AvgIpc) is 3.70. The fraction of sp³-hybridized carbons (Fsp3) is 0.414. The molecule has 40 heavy (non-hydrogen) atoms. The number of piperazine rings is 1. The van der Waals surface area contributed by atoms with Crippen molar-refractivity contribution in [3.8, 4) is 0 Å². The predicted molar refractivity (Wildman–Crippen MR) is 147 cm³/mol. The summed E-state index contributed by atoms with van der Waals surface area (Å²) in [5.74, 6) is 1.47. The van der Waals surface area contributed by atoms with Crippen molar-refractivity contribution in [2.45, 2.75) is 43.8 Å². The average molecular weight is 544 g/mol. The molecule has 11 heteroatoms. The third kappa shape index (κ3) is 4.74. The minimum absolute atomic E-state index is 0.0596. The molecule has 1 aliphatic carbocycles. The number of nitrogens with zero attached hydrogens (tertiary/aromatic N) is 7. The van der Waals surface area contributed by atoms with E-state index in [1.807, 2.05) is 0 Å². The number of anilines is 1. The molecule has 1 saturated carbocycles. The number of halogens is 1. The van der Waals surface area contributed by atoms with Crippen molar-refractivity contribution in [2.24, 2.45) is 7.05 Å². The van der Waals surface area contributed by atoms with Crippen LogP contribution in [0.3, 0.4) is 0 Å². The van der Waals surface area contributed by atoms with Crippen LogP contribution >= 0.6 is 0 Å². The molecule has 2 fully saturated rings. The van der Waals surface area contributed by atoms with Crippen molar-refractivity contribution in [3.63, 3.8) is 0 Å². The van der Waals surface area contributed by atoms with E-state index in [1.165, 1.54) is 12.1 Å². The summed E-state index contributed by atoms with van der Waals surface area (Å²) in [6.07, 6.45) is 2.10. The molecule has 0 spiro atoms. The maximum Gasteiger partial charge on any atom is 0.270 e. The zero-order chi connectivity index (χ0) is 28.0. The molecule has 1 saturated heterocycles. The number of methoxy groups -OCH3 is 1. The summed E-state index contributed by atoms with van der Waals surface area (Å²) in [6, 6.07) is 10.8. The number of aryl methyl sites for hydroxylation is 1. The zero-order valence-corrected chi connectivity index (χ0v) is 22.6. The number of benzene rings is 1. The van der Waals surface area contributed by atoms with E-state index in [0.717, 1.165) is 18.4 Å². The van der Waals surface area contributed by atoms with Gasteiger partial charge in [0.2, 0.25) is 11.4 Å². The smallest absolute Gasteiger partial charge is 0.270 e. The molecular weight excluding hydrogens is 513 g/mol. The monoisotopic (exact) mass is 543 g/mol. The lowest BCUT2D eigenvalue weighted by Gasteiger charge is -2.48. The Morgan fingerprint density at radius 1 is 1.18 bits per heavy atom. The Balaban J connectivity index is 1.42. The lowest BCUT2D eigenvalue weighted by molar-refractivity contribution is 0.0431. The van der Waals surface area contributed by atoms with Gasteiger partial charge in [-0.2, -0.15) is 4.98 Å². The molecule has 2 aliphatic rings. The molecule has 0 N–H and O–H groups in total. The van der Waals surface area contributed by atoms with Gasteiger partial charge in [-0.15, -0.1) is 4.98 Å². The van der Waals surface area contributed by atoms with E-state index >= 15 is 0 Å². The van der Waals surface area contributed by atoms with E-state index in [9.17, 15) is 9.18 Å². The maximum atomic E-state index is 13.9. The van der Waals surface area contributed by atoms with Crippen LogP contribution < -0.4 is 10.5 Å². The first-order chi connectivity index (χ1) is 19.4. The number of fused-ring (bicyclic) bond motifs is 1. The third-order valence-corrected chi connectivity index (χ3v) is 7.87. The van der Waals surface area contributed by atoms with Gasteiger partial charge in [0.15, 0.2) is 5.82 Å². The number of aromatic nitrogens is 4. The van der Waals surface area contributed by atoms with Crippen LogP contribution in [0.25, 0.3) is 15.9 Å². The van der Waals surface area contributed by atoms with Gasteiger partial charge in [0, 0.05) is 45.3 Å². The number of rotatable bonds is 7. The molecule has 3 atom stereocenters. The van der Waals surface area contributed by atoms with E-state index in [-0.39, 0.29) is 29.3 Å². The highest BCUT2D eigenvalue weighted by molar-refractivity contribution is 5.89. The molecule has 4 heterocycles. The van der Waals surface area contributed by atoms with Gasteiger partial charge in [-0.1, -0.05) is 23.9 Å². The van der Waals surface area contributed by atoms with Crippen LogP contribution in [-0.2, 0) is 11.8 Å². The Bertz CT molecular complexity index is 1640. The molecule has 0 radical (unpaired) electrons. The van der Waals surface area contributed by atoms with Crippen molar-refractivity contribution in [3.05, 3.63) is 87.3 Å². The van der Waals surface area contributed by atoms with Crippen LogP contribution in [0.1, 0.15) is 49.0 Å². The SMILES string of the molecule is [C-]#[N+]c1ccc2c(n1)c(N1C[C@@H](COC)N(C(c3ccc(F)cc3)c3nc(C4CC4)no3)C[C@@H]1C)cc(=O)n2C. The van der Waals surface area contributed by atoms with E-state index in [0.29, 0.717) is 54.1 Å². The molecular formula is C29H30FN7O3. The number of hydrogen-bond acceptors (Lipinski definition) is 8. The Hall–Kier alpha value is -4.14. The molecule has 4 aromatic rings. The summed E-state index contributed by atoms with van der Waals surface area (Å²) in [7, 11) is 3.36. The molecule has 0 amide bonds. The topological polar surface area (TPSA) is 93.9 Å². The second-order valence-electron chi connectivity index (χ2n) is 10.6. The van der Waals surface area contributed by atoms with Crippen LogP contribution in [-0.4, -0.2) is 63.5 Å². The van der Waals surface area contributed by atoms with Crippen LogP contribution in [0.15, 0.2) is 51.8 Å². The van der Waals surface area contributed by atoms with Crippen molar-refractivity contribution < 1.29 is 13.7 Å². The number of ether oxygens (including phenoxy) is 1. The van der Waals surface area contributed by atoms with E-state index in [2.05, 4.69) is 31.7 Å². The largest absolute Gasteiger partial charge is 0.383 e. The standard InChI is InChI=1S/C29H30FN7O3/c1-17-14-37(27(18-7-9-20(30)10-8-18)29-33-28(34-40-29)19-5-6-19)21(16-39-4)15-36(17)23-13-25(38)35(3)22-11-12-24(31-2)32-26(22)23/h7-13,17,19,21,27H,5-6,14-16H2,1,3-4H3/t17-,21-,27?/m0/s1. The van der Waals surface area contributed by atoms with Crippen LogP contribution in [0.2, 0.25) is 0 Å². The highest BCUT2D eigenvalue weighted by Crippen LogP contribution is 2.40. The first kappa shape index (κ1) is 26.1. The Morgan fingerprint density at radius 2 is 1.95 bits per heavy atom. The van der Waals surface area contributed by atoms with E-state index < -0.39 is 6.04 Å². The van der Waals surface area contributed by atoms with Gasteiger partial charge in [-0.05, 0) is 49.6 Å². The van der Waals surface area contributed by atoms with Gasteiger partial charge in [0.05, 0.1) is 23.9 Å². The van der Waals surface area contributed by atoms with Crippen molar-refractivity contribution in [1.29, 1.82) is 0 Å². The maximum absolute atomic E-state index is 13.9. The lowest BCUT2D eigenvalue weighted by Crippen LogP contribution is -2.60. The van der Waals surface area contributed by atoms with Crippen LogP contribution in [0.5, 0.6) is 0 Å². The summed E-state index contributed by atoms with van der Waals surface area (Å²) < 4.78 is 27.0. The second-order valence-corrected chi connectivity index (χ2v) is 10.6. The van der Waals surface area contributed by atoms with Crippen LogP contribution in [0.4, 0.5) is 15.9 Å². The minimum atomic E-state index is -0.405. The Kier molecular flexibility index (Phi) is 6.82. The van der Waals surface area contributed by atoms with E-state index in [1.54, 1.807) is 49.1 Å². The fourth-order valence-corrected chi connectivity index (χ4v) is 5.63. The van der Waals surface area contributed by atoms with Crippen molar-refractivity contribution in [1.82, 2.24) is 24.6 Å². The molecule has 206 valence electrons. The fourth-order valence-electron chi connectivity index (χ4n) is 5.63. The van der Waals surface area contributed by atoms with Gasteiger partial charge in [-0.25, -0.2) is 4.39 Å². The van der Waals surface area contributed by atoms with Crippen molar-refractivity contribution in [2.75, 3.05) is 31.7 Å². The van der Waals surface area contributed by atoms with Gasteiger partial charge in [0.25, 0.3) is 11.4 Å². The van der Waals surface area contributed by atoms with E-state index in [4.69, 9.17) is 20.8 Å². The van der Waals surface area contributed by atoms with Crippen LogP contribution in [0, 0.1) is 12.4 Å². The van der Waals surface area contributed by atoms with Gasteiger partial charge >= 0.3 is 0 Å². The van der Waals surface area contributed by atoms with Crippen molar-refractivity contribution >= 4 is 22.5 Å². The second kappa shape index (κ2) is 10.4. The summed E-state index contributed by atoms with van der Waals surface area (Å²) in [4.78, 5) is 30.3. The Labute approximate surface area is 230 Å². The molecule has 1 unspecified atom stereocenters. The molecule has 6 rings (SSSR count). The quantitative estimate of drug-likeness (QED) is 0.320. The van der Waals surface area contributed by atoms with Gasteiger partial charge in [-0.3, -0.25) is 9.69 Å². The molecule has 0 bridgehead atoms. The lowest BCUT2D eigenvalue weighted by atomic mass is 9.98. The molecule has 1 aliphatic heterocycles. The highest BCUT2D eigenvalue weighted by Gasteiger charge is 2.41. The Morgan fingerprint density at radius 3 is 2.65 bits per heavy atom. The highest BCUT2D eigenvalue weighted by atomic mass is 19.1. The minimum Gasteiger partial charge on any atom is -0.383 e. The first-order valence-corrected chi connectivity index (χ1v) is 13.4. The normalized spacial score (nSPS) is 20.5. The summed E-state index contributed by atoms with van der Waals surface area (Å²) >= 11 is 0. The summed E-state index contributed by atoms with van der Waals surface area (Å²) in [5, 5.41) is 4.26. The summed E-state index contributed by atoms with van der Waals surface area (Å²) in [6.45, 7) is 11.0. The predicted octanol–water partition coefficient (Wildman–Crippen LogP) is 4.20. The first-order valence-electron chi connectivity index (χ1n) is 13.4. The summed E-state index contributed by atoms with van der Waals surface area (Å²) in [5.41, 5.74) is 2.64. The number of hydrogen-bond donors (Lipinski definition) is 0. The number of pyridine rings is 2. The molecule has 10 nitrogen and oxygen atoms in total.